The van der Waals surface area contributed by atoms with E-state index in [1.54, 1.807) is 12.1 Å². The van der Waals surface area contributed by atoms with E-state index in [2.05, 4.69) is 21.2 Å². The topological polar surface area (TPSA) is 38.0 Å². The highest BCUT2D eigenvalue weighted by atomic mass is 79.9. The van der Waals surface area contributed by atoms with Crippen molar-refractivity contribution in [3.05, 3.63) is 52.3 Å². The van der Waals surface area contributed by atoms with Crippen LogP contribution in [0.25, 0.3) is 0 Å². The maximum Gasteiger partial charge on any atom is 0.147 e. The summed E-state index contributed by atoms with van der Waals surface area (Å²) in [5, 5.41) is 3.00. The van der Waals surface area contributed by atoms with Crippen molar-refractivity contribution in [2.24, 2.45) is 0 Å². The molecule has 0 fully saturated rings. The van der Waals surface area contributed by atoms with Crippen molar-refractivity contribution in [1.29, 1.82) is 0 Å². The Hall–Kier alpha value is -1.55. The summed E-state index contributed by atoms with van der Waals surface area (Å²) in [4.78, 5) is 0. The molecule has 0 atom stereocenters. The Bertz CT molecular complexity index is 535. The van der Waals surface area contributed by atoms with Gasteiger partial charge in [0, 0.05) is 4.47 Å². The minimum atomic E-state index is -0.319. The lowest BCUT2D eigenvalue weighted by Crippen LogP contribution is -2.00. The summed E-state index contributed by atoms with van der Waals surface area (Å²) in [7, 11) is 0. The molecule has 0 unspecified atom stereocenters. The van der Waals surface area contributed by atoms with Crippen LogP contribution < -0.4 is 11.1 Å². The van der Waals surface area contributed by atoms with Crippen molar-refractivity contribution in [2.75, 3.05) is 11.1 Å². The average Bonchev–Trinajstić information content (AvgIpc) is 2.29. The fraction of sp³-hybridized carbons (Fsp3) is 0.0769. The number of aryl methyl sites for hydroxylation is 1. The molecule has 88 valence electrons. The summed E-state index contributed by atoms with van der Waals surface area (Å²) >= 11 is 3.30. The monoisotopic (exact) mass is 294 g/mol. The van der Waals surface area contributed by atoms with E-state index in [0.29, 0.717) is 21.5 Å². The first-order valence-electron chi connectivity index (χ1n) is 5.15. The summed E-state index contributed by atoms with van der Waals surface area (Å²) in [6.45, 7) is 1.91. The summed E-state index contributed by atoms with van der Waals surface area (Å²) in [6.07, 6.45) is 0. The molecule has 2 aromatic carbocycles. The summed E-state index contributed by atoms with van der Waals surface area (Å²) in [5.41, 5.74) is 8.62. The fourth-order valence-corrected chi connectivity index (χ4v) is 1.98. The zero-order valence-electron chi connectivity index (χ0n) is 9.30. The van der Waals surface area contributed by atoms with Gasteiger partial charge in [0.2, 0.25) is 0 Å². The van der Waals surface area contributed by atoms with E-state index in [9.17, 15) is 4.39 Å². The quantitative estimate of drug-likeness (QED) is 0.814. The molecule has 0 saturated carbocycles. The first kappa shape index (κ1) is 11.9. The Morgan fingerprint density at radius 3 is 2.59 bits per heavy atom. The van der Waals surface area contributed by atoms with Gasteiger partial charge in [-0.15, -0.1) is 0 Å². The number of halogens is 2. The van der Waals surface area contributed by atoms with E-state index < -0.39 is 0 Å². The molecule has 0 radical (unpaired) electrons. The molecule has 0 aliphatic carbocycles. The molecule has 0 saturated heterocycles. The van der Waals surface area contributed by atoms with Crippen molar-refractivity contribution in [1.82, 2.24) is 0 Å². The first-order valence-corrected chi connectivity index (χ1v) is 5.95. The molecule has 2 nitrogen and oxygen atoms in total. The highest BCUT2D eigenvalue weighted by molar-refractivity contribution is 9.10. The second-order valence-corrected chi connectivity index (χ2v) is 4.61. The fourth-order valence-electron chi connectivity index (χ4n) is 1.54. The lowest BCUT2D eigenvalue weighted by Gasteiger charge is -2.13. The molecule has 0 aromatic heterocycles. The van der Waals surface area contributed by atoms with Gasteiger partial charge in [-0.2, -0.15) is 0 Å². The van der Waals surface area contributed by atoms with E-state index in [4.69, 9.17) is 5.73 Å². The number of hydrogen-bond donors (Lipinski definition) is 2. The maximum atomic E-state index is 13.6. The van der Waals surface area contributed by atoms with Crippen molar-refractivity contribution in [3.63, 3.8) is 0 Å². The van der Waals surface area contributed by atoms with E-state index in [1.165, 1.54) is 6.07 Å². The van der Waals surface area contributed by atoms with Crippen LogP contribution in [0.5, 0.6) is 0 Å². The largest absolute Gasteiger partial charge is 0.397 e. The van der Waals surface area contributed by atoms with Crippen LogP contribution in [0.15, 0.2) is 40.9 Å². The van der Waals surface area contributed by atoms with Gasteiger partial charge in [0.15, 0.2) is 0 Å². The number of benzene rings is 2. The minimum absolute atomic E-state index is 0.319. The van der Waals surface area contributed by atoms with E-state index in [1.807, 2.05) is 25.1 Å². The molecule has 17 heavy (non-hydrogen) atoms. The van der Waals surface area contributed by atoms with Crippen LogP contribution in [0.3, 0.4) is 0 Å². The molecule has 0 amide bonds. The van der Waals surface area contributed by atoms with Crippen LogP contribution in [0.2, 0.25) is 0 Å². The smallest absolute Gasteiger partial charge is 0.147 e. The van der Waals surface area contributed by atoms with Crippen LogP contribution in [-0.4, -0.2) is 0 Å². The SMILES string of the molecule is Cc1cccc(Nc2c(F)cccc2Br)c1N. The molecule has 3 N–H and O–H groups in total. The van der Waals surface area contributed by atoms with E-state index in [0.717, 1.165) is 5.56 Å². The molecule has 0 aliphatic rings. The summed E-state index contributed by atoms with van der Waals surface area (Å²) < 4.78 is 14.3. The van der Waals surface area contributed by atoms with Gasteiger partial charge in [-0.3, -0.25) is 0 Å². The number of nitrogens with one attached hydrogen (secondary N) is 1. The Morgan fingerprint density at radius 2 is 1.88 bits per heavy atom. The molecule has 0 bridgehead atoms. The zero-order chi connectivity index (χ0) is 12.4. The molecule has 2 rings (SSSR count). The lowest BCUT2D eigenvalue weighted by molar-refractivity contribution is 0.631. The van der Waals surface area contributed by atoms with Crippen molar-refractivity contribution >= 4 is 33.0 Å². The van der Waals surface area contributed by atoms with Crippen LogP contribution in [0.4, 0.5) is 21.5 Å². The molecule has 4 heteroatoms. The average molecular weight is 295 g/mol. The third-order valence-electron chi connectivity index (χ3n) is 2.55. The normalized spacial score (nSPS) is 10.3. The molecule has 0 heterocycles. The van der Waals surface area contributed by atoms with Gasteiger partial charge in [-0.05, 0) is 46.6 Å². The third kappa shape index (κ3) is 2.42. The van der Waals surface area contributed by atoms with Crippen LogP contribution >= 0.6 is 15.9 Å². The van der Waals surface area contributed by atoms with Gasteiger partial charge in [-0.1, -0.05) is 18.2 Å². The highest BCUT2D eigenvalue weighted by Gasteiger charge is 2.08. The number of rotatable bonds is 2. The predicted octanol–water partition coefficient (Wildman–Crippen LogP) is 4.22. The van der Waals surface area contributed by atoms with Crippen molar-refractivity contribution in [2.45, 2.75) is 6.92 Å². The maximum absolute atomic E-state index is 13.6. The number of nitrogen functional groups attached to an aromatic ring is 1. The van der Waals surface area contributed by atoms with Crippen molar-refractivity contribution in [3.8, 4) is 0 Å². The van der Waals surface area contributed by atoms with E-state index >= 15 is 0 Å². The van der Waals surface area contributed by atoms with Gasteiger partial charge >= 0.3 is 0 Å². The minimum Gasteiger partial charge on any atom is -0.397 e. The zero-order valence-corrected chi connectivity index (χ0v) is 10.9. The van der Waals surface area contributed by atoms with Gasteiger partial charge in [0.05, 0.1) is 17.1 Å². The lowest BCUT2D eigenvalue weighted by atomic mass is 10.1. The standard InChI is InChI=1S/C13H12BrFN2/c1-8-4-2-7-11(12(8)16)17-13-9(14)5-3-6-10(13)15/h2-7,17H,16H2,1H3. The predicted molar refractivity (Wildman–Crippen MR) is 73.0 cm³/mol. The van der Waals surface area contributed by atoms with Crippen LogP contribution in [0, 0.1) is 12.7 Å². The van der Waals surface area contributed by atoms with Crippen LogP contribution in [0.1, 0.15) is 5.56 Å². The van der Waals surface area contributed by atoms with Gasteiger partial charge in [-0.25, -0.2) is 4.39 Å². The molecule has 0 aliphatic heterocycles. The second-order valence-electron chi connectivity index (χ2n) is 3.76. The Kier molecular flexibility index (Phi) is 3.33. The van der Waals surface area contributed by atoms with E-state index in [-0.39, 0.29) is 5.82 Å². The third-order valence-corrected chi connectivity index (χ3v) is 3.21. The number of para-hydroxylation sites is 2. The number of nitrogens with two attached hydrogens (primary N) is 1. The van der Waals surface area contributed by atoms with Gasteiger partial charge < -0.3 is 11.1 Å². The first-order chi connectivity index (χ1) is 8.09. The summed E-state index contributed by atoms with van der Waals surface area (Å²) in [6, 6.07) is 10.4. The molecule has 0 spiro atoms. The number of anilines is 3. The summed E-state index contributed by atoms with van der Waals surface area (Å²) in [5.74, 6) is -0.319. The number of hydrogen-bond acceptors (Lipinski definition) is 2. The Morgan fingerprint density at radius 1 is 1.18 bits per heavy atom. The van der Waals surface area contributed by atoms with Crippen molar-refractivity contribution < 1.29 is 4.39 Å². The Balaban J connectivity index is 2.42. The Labute approximate surface area is 108 Å². The highest BCUT2D eigenvalue weighted by Crippen LogP contribution is 2.31. The molecular formula is C13H12BrFN2. The van der Waals surface area contributed by atoms with Gasteiger partial charge in [0.1, 0.15) is 5.82 Å². The molecule has 2 aromatic rings. The van der Waals surface area contributed by atoms with Gasteiger partial charge in [0.25, 0.3) is 0 Å². The second kappa shape index (κ2) is 4.75. The molecular weight excluding hydrogens is 283 g/mol. The van der Waals surface area contributed by atoms with Crippen LogP contribution in [-0.2, 0) is 0 Å².